The highest BCUT2D eigenvalue weighted by Gasteiger charge is 2.33. The zero-order chi connectivity index (χ0) is 23.6. The maximum atomic E-state index is 12.7. The van der Waals surface area contributed by atoms with Gasteiger partial charge < -0.3 is 19.5 Å². The van der Waals surface area contributed by atoms with Crippen LogP contribution in [-0.4, -0.2) is 31.2 Å². The number of aliphatic hydroxyl groups excluding tert-OH is 1. The van der Waals surface area contributed by atoms with E-state index in [2.05, 4.69) is 15.7 Å². The van der Waals surface area contributed by atoms with Gasteiger partial charge in [0.05, 0.1) is 19.3 Å². The number of aliphatic hydroxyl groups is 1. The van der Waals surface area contributed by atoms with Crippen LogP contribution in [0.15, 0.2) is 66.7 Å². The summed E-state index contributed by atoms with van der Waals surface area (Å²) < 4.78 is 47.8. The van der Waals surface area contributed by atoms with Crippen molar-refractivity contribution in [2.24, 2.45) is 0 Å². The van der Waals surface area contributed by atoms with Gasteiger partial charge in [-0.15, -0.1) is 13.2 Å². The summed E-state index contributed by atoms with van der Waals surface area (Å²) >= 11 is 0. The number of β-amino-alcohol motifs (C(OH)–C–C–N with tert-alkyl or cyclic N) is 1. The number of rotatable bonds is 6. The lowest BCUT2D eigenvalue weighted by Gasteiger charge is -2.41. The Hall–Kier alpha value is -3.19. The molecule has 0 aromatic heterocycles. The molecule has 2 atom stereocenters. The first-order valence-electron chi connectivity index (χ1n) is 10.8. The molecule has 0 bridgehead atoms. The van der Waals surface area contributed by atoms with Crippen LogP contribution in [0.4, 0.5) is 18.9 Å². The second-order valence-corrected chi connectivity index (χ2v) is 8.21. The molecule has 1 N–H and O–H groups in total. The molecule has 4 rings (SSSR count). The van der Waals surface area contributed by atoms with Crippen LogP contribution in [0.1, 0.15) is 30.5 Å². The molecule has 0 spiro atoms. The van der Waals surface area contributed by atoms with Crippen LogP contribution in [0.3, 0.4) is 0 Å². The number of methoxy groups -OCH3 is 1. The van der Waals surface area contributed by atoms with E-state index in [1.54, 1.807) is 26.2 Å². The molecule has 3 aromatic rings. The summed E-state index contributed by atoms with van der Waals surface area (Å²) in [6.07, 6.45) is -3.93. The first kappa shape index (κ1) is 23.0. The van der Waals surface area contributed by atoms with Gasteiger partial charge in [0.25, 0.3) is 0 Å². The highest BCUT2D eigenvalue weighted by molar-refractivity contribution is 5.76. The lowest BCUT2D eigenvalue weighted by atomic mass is 9.86. The second kappa shape index (κ2) is 9.35. The average molecular weight is 457 g/mol. The topological polar surface area (TPSA) is 41.9 Å². The highest BCUT2D eigenvalue weighted by atomic mass is 19.4. The first-order valence-corrected chi connectivity index (χ1v) is 10.8. The van der Waals surface area contributed by atoms with Gasteiger partial charge in [-0.05, 0) is 72.4 Å². The number of benzene rings is 3. The molecule has 0 amide bonds. The fourth-order valence-electron chi connectivity index (χ4n) is 4.55. The van der Waals surface area contributed by atoms with Crippen LogP contribution in [0.25, 0.3) is 11.1 Å². The molecule has 0 fully saturated rings. The lowest BCUT2D eigenvalue weighted by molar-refractivity contribution is -0.274. The molecule has 0 aliphatic carbocycles. The Balaban J connectivity index is 1.74. The Bertz CT molecular complexity index is 1110. The van der Waals surface area contributed by atoms with Gasteiger partial charge in [0, 0.05) is 12.2 Å². The summed E-state index contributed by atoms with van der Waals surface area (Å²) in [4.78, 5) is 2.08. The van der Waals surface area contributed by atoms with Crippen LogP contribution in [0, 0.1) is 0 Å². The summed E-state index contributed by atoms with van der Waals surface area (Å²) in [5, 5.41) is 10.2. The number of hydrogen-bond donors (Lipinski definition) is 1. The van der Waals surface area contributed by atoms with Gasteiger partial charge in [-0.25, -0.2) is 0 Å². The summed E-state index contributed by atoms with van der Waals surface area (Å²) in [5.41, 5.74) is 4.94. The van der Waals surface area contributed by atoms with Crippen molar-refractivity contribution >= 4 is 5.69 Å². The molecule has 4 nitrogen and oxygen atoms in total. The minimum Gasteiger partial charge on any atom is -0.497 e. The lowest BCUT2D eigenvalue weighted by Crippen LogP contribution is -2.38. The molecule has 174 valence electrons. The Labute approximate surface area is 191 Å². The predicted molar refractivity (Wildman–Crippen MR) is 122 cm³/mol. The van der Waals surface area contributed by atoms with E-state index in [0.29, 0.717) is 13.0 Å². The molecule has 0 radical (unpaired) electrons. The Morgan fingerprint density at radius 2 is 1.76 bits per heavy atom. The number of anilines is 1. The molecule has 0 saturated heterocycles. The van der Waals surface area contributed by atoms with E-state index >= 15 is 0 Å². The molecule has 0 saturated carbocycles. The number of halogens is 3. The molecular formula is C26H26F3NO3. The van der Waals surface area contributed by atoms with E-state index in [1.807, 2.05) is 36.4 Å². The quantitative estimate of drug-likeness (QED) is 0.483. The Kier molecular flexibility index (Phi) is 6.51. The largest absolute Gasteiger partial charge is 0.573 e. The van der Waals surface area contributed by atoms with Crippen molar-refractivity contribution < 1.29 is 27.8 Å². The standard InChI is InChI=1S/C26H26F3NO3/c1-17(31)16-30-24(19-7-4-9-21(15-19)33-26(27,28)29)13-12-23-22(10-5-11-25(23)30)18-6-3-8-20(14-18)32-2/h3-11,14-15,17,24,31H,12-13,16H2,1-2H3/t17-,24+/m1/s1. The highest BCUT2D eigenvalue weighted by Crippen LogP contribution is 2.43. The van der Waals surface area contributed by atoms with Crippen molar-refractivity contribution in [1.29, 1.82) is 0 Å². The summed E-state index contributed by atoms with van der Waals surface area (Å²) in [5.74, 6) is 0.522. The molecule has 1 heterocycles. The summed E-state index contributed by atoms with van der Waals surface area (Å²) in [7, 11) is 1.63. The van der Waals surface area contributed by atoms with Gasteiger partial charge in [0.2, 0.25) is 0 Å². The van der Waals surface area contributed by atoms with Gasteiger partial charge in [0.1, 0.15) is 11.5 Å². The van der Waals surface area contributed by atoms with Crippen LogP contribution in [-0.2, 0) is 6.42 Å². The van der Waals surface area contributed by atoms with Crippen molar-refractivity contribution in [1.82, 2.24) is 0 Å². The van der Waals surface area contributed by atoms with Crippen molar-refractivity contribution in [3.63, 3.8) is 0 Å². The number of nitrogens with zero attached hydrogens (tertiary/aromatic N) is 1. The van der Waals surface area contributed by atoms with Gasteiger partial charge in [-0.3, -0.25) is 0 Å². The van der Waals surface area contributed by atoms with E-state index in [0.717, 1.165) is 40.1 Å². The molecule has 1 aliphatic rings. The third-order valence-corrected chi connectivity index (χ3v) is 5.82. The molecule has 33 heavy (non-hydrogen) atoms. The third kappa shape index (κ3) is 5.25. The maximum absolute atomic E-state index is 12.7. The van der Waals surface area contributed by atoms with Crippen molar-refractivity contribution in [2.75, 3.05) is 18.6 Å². The fraction of sp³-hybridized carbons (Fsp3) is 0.308. The number of fused-ring (bicyclic) bond motifs is 1. The van der Waals surface area contributed by atoms with Gasteiger partial charge in [-0.2, -0.15) is 0 Å². The average Bonchev–Trinajstić information content (AvgIpc) is 2.77. The van der Waals surface area contributed by atoms with E-state index < -0.39 is 12.5 Å². The van der Waals surface area contributed by atoms with Crippen LogP contribution < -0.4 is 14.4 Å². The van der Waals surface area contributed by atoms with Gasteiger partial charge in [-0.1, -0.05) is 36.4 Å². The first-order chi connectivity index (χ1) is 15.7. The van der Waals surface area contributed by atoms with Gasteiger partial charge in [0.15, 0.2) is 0 Å². The SMILES string of the molecule is COc1cccc(-c2cccc3c2CC[C@@H](c2cccc(OC(F)(F)F)c2)N3C[C@@H](C)O)c1. The molecule has 7 heteroatoms. The zero-order valence-corrected chi connectivity index (χ0v) is 18.5. The van der Waals surface area contributed by atoms with Gasteiger partial charge >= 0.3 is 6.36 Å². The third-order valence-electron chi connectivity index (χ3n) is 5.82. The minimum atomic E-state index is -4.75. The van der Waals surface area contributed by atoms with E-state index in [9.17, 15) is 18.3 Å². The van der Waals surface area contributed by atoms with Crippen molar-refractivity contribution in [3.8, 4) is 22.6 Å². The number of alkyl halides is 3. The Morgan fingerprint density at radius 3 is 2.48 bits per heavy atom. The molecular weight excluding hydrogens is 431 g/mol. The molecule has 0 unspecified atom stereocenters. The van der Waals surface area contributed by atoms with Crippen LogP contribution >= 0.6 is 0 Å². The normalized spacial score (nSPS) is 16.8. The van der Waals surface area contributed by atoms with E-state index in [4.69, 9.17) is 4.74 Å². The Morgan fingerprint density at radius 1 is 1.03 bits per heavy atom. The second-order valence-electron chi connectivity index (χ2n) is 8.21. The molecule has 3 aromatic carbocycles. The van der Waals surface area contributed by atoms with E-state index in [-0.39, 0.29) is 11.8 Å². The number of ether oxygens (including phenoxy) is 2. The van der Waals surface area contributed by atoms with Crippen LogP contribution in [0.2, 0.25) is 0 Å². The zero-order valence-electron chi connectivity index (χ0n) is 18.5. The maximum Gasteiger partial charge on any atom is 0.573 e. The molecule has 1 aliphatic heterocycles. The predicted octanol–water partition coefficient (Wildman–Crippen LogP) is 6.14. The van der Waals surface area contributed by atoms with Crippen LogP contribution in [0.5, 0.6) is 11.5 Å². The summed E-state index contributed by atoms with van der Waals surface area (Å²) in [6.45, 7) is 2.06. The minimum absolute atomic E-state index is 0.190. The monoisotopic (exact) mass is 457 g/mol. The number of hydrogen-bond acceptors (Lipinski definition) is 4. The van der Waals surface area contributed by atoms with Crippen molar-refractivity contribution in [3.05, 3.63) is 77.9 Å². The summed E-state index contributed by atoms with van der Waals surface area (Å²) in [6, 6.07) is 19.8. The van der Waals surface area contributed by atoms with Crippen molar-refractivity contribution in [2.45, 2.75) is 38.3 Å². The smallest absolute Gasteiger partial charge is 0.497 e. The van der Waals surface area contributed by atoms with E-state index in [1.165, 1.54) is 12.1 Å². The fourth-order valence-corrected chi connectivity index (χ4v) is 4.55.